The molecule has 1 fully saturated rings. The predicted molar refractivity (Wildman–Crippen MR) is 132 cm³/mol. The molecule has 1 amide bonds. The fourth-order valence-corrected chi connectivity index (χ4v) is 5.61. The molecule has 172 valence electrons. The summed E-state index contributed by atoms with van der Waals surface area (Å²) in [5, 5.41) is 11.0. The summed E-state index contributed by atoms with van der Waals surface area (Å²) in [5.41, 5.74) is 12.7. The van der Waals surface area contributed by atoms with E-state index in [4.69, 9.17) is 16.9 Å². The van der Waals surface area contributed by atoms with Crippen LogP contribution in [0.4, 0.5) is 5.69 Å². The van der Waals surface area contributed by atoms with Crippen LogP contribution >= 0.6 is 36.2 Å². The number of carbonyl (C=O) groups is 1. The maximum atomic E-state index is 12.9. The number of amides is 1. The Morgan fingerprint density at radius 3 is 2.56 bits per heavy atom. The molecule has 0 radical (unpaired) electrons. The van der Waals surface area contributed by atoms with Gasteiger partial charge >= 0.3 is 0 Å². The first-order valence-electron chi connectivity index (χ1n) is 9.26. The van der Waals surface area contributed by atoms with Crippen molar-refractivity contribution in [2.24, 2.45) is 5.73 Å². The van der Waals surface area contributed by atoms with Gasteiger partial charge in [0, 0.05) is 18.8 Å². The lowest BCUT2D eigenvalue weighted by atomic mass is 10.1. The van der Waals surface area contributed by atoms with Gasteiger partial charge in [0.05, 0.1) is 9.77 Å². The van der Waals surface area contributed by atoms with Crippen LogP contribution in [0.3, 0.4) is 0 Å². The zero-order valence-electron chi connectivity index (χ0n) is 16.8. The van der Waals surface area contributed by atoms with Crippen molar-refractivity contribution in [2.45, 2.75) is 23.9 Å². The predicted octanol–water partition coefficient (Wildman–Crippen LogP) is 2.69. The van der Waals surface area contributed by atoms with Crippen molar-refractivity contribution in [3.05, 3.63) is 58.3 Å². The summed E-state index contributed by atoms with van der Waals surface area (Å²) in [5.74, 6) is -0.324. The summed E-state index contributed by atoms with van der Waals surface area (Å²) in [6, 6.07) is 11.0. The molecule has 0 aliphatic carbocycles. The fraction of sp³-hybridized carbons (Fsp3) is 0.200. The smallest absolute Gasteiger partial charge is 0.241 e. The minimum absolute atomic E-state index is 0. The van der Waals surface area contributed by atoms with E-state index in [0.29, 0.717) is 30.1 Å². The average Bonchev–Trinajstić information content (AvgIpc) is 3.29. The molecule has 1 aliphatic heterocycles. The van der Waals surface area contributed by atoms with Gasteiger partial charge in [0.25, 0.3) is 0 Å². The molecule has 4 rings (SSSR count). The first-order chi connectivity index (χ1) is 14.2. The number of sulfonamides is 1. The molecular formula is C20H23Cl2N5O3S2. The monoisotopic (exact) mass is 515 g/mol. The number of anilines is 1. The number of nitrogens with zero attached hydrogens (tertiary/aromatic N) is 1. The van der Waals surface area contributed by atoms with Crippen molar-refractivity contribution in [3.8, 4) is 0 Å². The highest BCUT2D eigenvalue weighted by atomic mass is 35.5. The van der Waals surface area contributed by atoms with E-state index in [0.717, 1.165) is 16.3 Å². The van der Waals surface area contributed by atoms with Gasteiger partial charge < -0.3 is 16.4 Å². The third-order valence-corrected chi connectivity index (χ3v) is 7.55. The van der Waals surface area contributed by atoms with Crippen LogP contribution in [0, 0.1) is 5.41 Å². The average molecular weight is 516 g/mol. The van der Waals surface area contributed by atoms with Gasteiger partial charge in [-0.1, -0.05) is 12.1 Å². The minimum Gasteiger partial charge on any atom is -0.399 e. The molecule has 1 aliphatic rings. The molecule has 6 N–H and O–H groups in total. The zero-order valence-corrected chi connectivity index (χ0v) is 20.0. The topological polar surface area (TPSA) is 142 Å². The first kappa shape index (κ1) is 25.9. The largest absolute Gasteiger partial charge is 0.399 e. The number of nitrogens with one attached hydrogen (secondary N) is 2. The lowest BCUT2D eigenvalue weighted by Gasteiger charge is -2.17. The molecular weight excluding hydrogens is 493 g/mol. The Bertz CT molecular complexity index is 1260. The summed E-state index contributed by atoms with van der Waals surface area (Å²) in [4.78, 5) is 15.1. The second kappa shape index (κ2) is 10.1. The molecule has 1 unspecified atom stereocenters. The van der Waals surface area contributed by atoms with Crippen LogP contribution < -0.4 is 16.2 Å². The molecule has 1 atom stereocenters. The maximum Gasteiger partial charge on any atom is 0.241 e. The summed E-state index contributed by atoms with van der Waals surface area (Å²) < 4.78 is 28.3. The Morgan fingerprint density at radius 2 is 1.84 bits per heavy atom. The zero-order chi connectivity index (χ0) is 21.5. The number of carbonyl (C=O) groups excluding carboxylic acids is 1. The Morgan fingerprint density at radius 1 is 1.16 bits per heavy atom. The maximum absolute atomic E-state index is 12.9. The van der Waals surface area contributed by atoms with Gasteiger partial charge in [-0.15, -0.1) is 36.2 Å². The van der Waals surface area contributed by atoms with Gasteiger partial charge in [-0.05, 0) is 58.5 Å². The fourth-order valence-electron chi connectivity index (χ4n) is 3.57. The van der Waals surface area contributed by atoms with Crippen LogP contribution in [0.5, 0.6) is 0 Å². The number of amidine groups is 1. The van der Waals surface area contributed by atoms with Crippen LogP contribution in [0.2, 0.25) is 0 Å². The van der Waals surface area contributed by atoms with Crippen LogP contribution in [0.15, 0.2) is 52.7 Å². The van der Waals surface area contributed by atoms with Crippen molar-refractivity contribution in [2.75, 3.05) is 12.3 Å². The van der Waals surface area contributed by atoms with E-state index in [1.54, 1.807) is 35.2 Å². The van der Waals surface area contributed by atoms with Gasteiger partial charge in [-0.2, -0.15) is 4.72 Å². The molecule has 0 spiro atoms. The molecule has 12 heteroatoms. The Kier molecular flexibility index (Phi) is 8.13. The summed E-state index contributed by atoms with van der Waals surface area (Å²) in [6.45, 7) is 0.725. The second-order valence-corrected chi connectivity index (χ2v) is 9.81. The number of hydrogen-bond donors (Lipinski definition) is 4. The molecule has 8 nitrogen and oxygen atoms in total. The number of nitrogens with two attached hydrogens (primary N) is 2. The number of rotatable bonds is 6. The van der Waals surface area contributed by atoms with E-state index in [2.05, 4.69) is 4.72 Å². The number of thiophene rings is 1. The third kappa shape index (κ3) is 5.16. The number of hydrogen-bond acceptors (Lipinski definition) is 6. The van der Waals surface area contributed by atoms with Crippen molar-refractivity contribution < 1.29 is 13.2 Å². The number of likely N-dealkylation sites (tertiary alicyclic amines) is 1. The van der Waals surface area contributed by atoms with E-state index in [9.17, 15) is 13.2 Å². The molecule has 0 saturated carbocycles. The van der Waals surface area contributed by atoms with E-state index in [-0.39, 0.29) is 41.5 Å². The summed E-state index contributed by atoms with van der Waals surface area (Å²) >= 11 is 1.35. The number of fused-ring (bicyclic) bond motifs is 1. The van der Waals surface area contributed by atoms with Crippen LogP contribution in [0.1, 0.15) is 16.9 Å². The third-order valence-electron chi connectivity index (χ3n) is 5.09. The number of nitrogen functional groups attached to an aromatic ring is 2. The highest BCUT2D eigenvalue weighted by molar-refractivity contribution is 7.89. The van der Waals surface area contributed by atoms with Crippen LogP contribution in [-0.2, 0) is 21.4 Å². The van der Waals surface area contributed by atoms with Crippen molar-refractivity contribution in [1.29, 1.82) is 5.41 Å². The van der Waals surface area contributed by atoms with E-state index in [1.807, 2.05) is 11.4 Å². The van der Waals surface area contributed by atoms with E-state index < -0.39 is 16.1 Å². The second-order valence-electron chi connectivity index (χ2n) is 7.18. The van der Waals surface area contributed by atoms with Crippen LogP contribution in [-0.4, -0.2) is 37.6 Å². The molecule has 1 aromatic heterocycles. The Balaban J connectivity index is 0.00000181. The molecule has 3 aromatic rings. The SMILES string of the molecule is Cl.Cl.N=C(N)c1sccc1CN1CCC(NS(=O)(=O)c2ccc3cc(N)ccc3c2)C1=O. The highest BCUT2D eigenvalue weighted by Crippen LogP contribution is 2.24. The summed E-state index contributed by atoms with van der Waals surface area (Å²) in [7, 11) is -3.87. The Hall–Kier alpha value is -2.37. The molecule has 2 aromatic carbocycles. The van der Waals surface area contributed by atoms with Crippen LogP contribution in [0.25, 0.3) is 10.8 Å². The number of benzene rings is 2. The number of halogens is 2. The minimum atomic E-state index is -3.87. The van der Waals surface area contributed by atoms with E-state index in [1.165, 1.54) is 17.4 Å². The van der Waals surface area contributed by atoms with Gasteiger partial charge in [0.2, 0.25) is 15.9 Å². The van der Waals surface area contributed by atoms with Crippen molar-refractivity contribution in [1.82, 2.24) is 9.62 Å². The summed E-state index contributed by atoms with van der Waals surface area (Å²) in [6.07, 6.45) is 0.377. The van der Waals surface area contributed by atoms with Gasteiger partial charge in [-0.3, -0.25) is 10.2 Å². The first-order valence-corrected chi connectivity index (χ1v) is 11.6. The molecule has 0 bridgehead atoms. The van der Waals surface area contributed by atoms with Gasteiger partial charge in [-0.25, -0.2) is 8.42 Å². The molecule has 1 saturated heterocycles. The lowest BCUT2D eigenvalue weighted by Crippen LogP contribution is -2.41. The standard InChI is InChI=1S/C20H21N5O3S2.2ClH/c21-15-3-1-13-10-16(4-2-12(13)9-15)30(27,28)24-17-5-7-25(20(17)26)11-14-6-8-29-18(14)19(22)23;;/h1-4,6,8-10,17,24H,5,7,11,21H2,(H3,22,23);2*1H. The highest BCUT2D eigenvalue weighted by Gasteiger charge is 2.35. The lowest BCUT2D eigenvalue weighted by molar-refractivity contribution is -0.129. The van der Waals surface area contributed by atoms with Crippen molar-refractivity contribution in [3.63, 3.8) is 0 Å². The van der Waals surface area contributed by atoms with Gasteiger partial charge in [0.1, 0.15) is 11.9 Å². The Labute approximate surface area is 202 Å². The normalized spacial score (nSPS) is 15.9. The quantitative estimate of drug-likeness (QED) is 0.226. The van der Waals surface area contributed by atoms with Crippen molar-refractivity contribution >= 4 is 74.4 Å². The van der Waals surface area contributed by atoms with Gasteiger partial charge in [0.15, 0.2) is 0 Å². The molecule has 2 heterocycles. The molecule has 32 heavy (non-hydrogen) atoms. The van der Waals surface area contributed by atoms with E-state index >= 15 is 0 Å².